The monoisotopic (exact) mass is 183 g/mol. The second-order valence-electron chi connectivity index (χ2n) is 3.43. The molecule has 0 radical (unpaired) electrons. The molecule has 1 nitrogen and oxygen atoms in total. The lowest BCUT2D eigenvalue weighted by Crippen LogP contribution is -1.92. The van der Waals surface area contributed by atoms with Crippen molar-refractivity contribution in [1.82, 2.24) is 4.57 Å². The van der Waals surface area contributed by atoms with Gasteiger partial charge >= 0.3 is 0 Å². The Hall–Kier alpha value is -1.68. The molecule has 0 saturated carbocycles. The fraction of sp³-hybridized carbons (Fsp3) is 0.231. The lowest BCUT2D eigenvalue weighted by Gasteiger charge is -2.00. The molecule has 0 aliphatic carbocycles. The van der Waals surface area contributed by atoms with Gasteiger partial charge in [0, 0.05) is 11.7 Å². The third-order valence-corrected chi connectivity index (χ3v) is 2.36. The number of hydrogen-bond donors (Lipinski definition) is 0. The van der Waals surface area contributed by atoms with Crippen LogP contribution in [0.15, 0.2) is 30.5 Å². The maximum Gasteiger partial charge on any atom is 0.0837 e. The van der Waals surface area contributed by atoms with Crippen molar-refractivity contribution >= 4 is 10.9 Å². The molecule has 0 aliphatic heterocycles. The lowest BCUT2D eigenvalue weighted by molar-refractivity contribution is 0.885. The van der Waals surface area contributed by atoms with Crippen molar-refractivity contribution in [3.8, 4) is 11.8 Å². The third-order valence-electron chi connectivity index (χ3n) is 2.36. The zero-order valence-corrected chi connectivity index (χ0v) is 8.54. The van der Waals surface area contributed by atoms with Gasteiger partial charge in [-0.1, -0.05) is 18.1 Å². The van der Waals surface area contributed by atoms with Crippen LogP contribution in [0.1, 0.15) is 12.5 Å². The summed E-state index contributed by atoms with van der Waals surface area (Å²) in [5, 5.41) is 1.29. The van der Waals surface area contributed by atoms with E-state index in [1.165, 1.54) is 16.5 Å². The number of nitrogens with zero attached hydrogens (tertiary/aromatic N) is 1. The molecular formula is C13H13N. The van der Waals surface area contributed by atoms with Crippen molar-refractivity contribution in [3.63, 3.8) is 0 Å². The molecular weight excluding hydrogens is 170 g/mol. The van der Waals surface area contributed by atoms with Gasteiger partial charge in [-0.15, -0.1) is 5.92 Å². The van der Waals surface area contributed by atoms with Gasteiger partial charge in [-0.25, -0.2) is 0 Å². The fourth-order valence-corrected chi connectivity index (χ4v) is 1.60. The highest BCUT2D eigenvalue weighted by molar-refractivity contribution is 5.80. The number of rotatable bonds is 1. The molecule has 0 saturated heterocycles. The molecule has 1 heterocycles. The van der Waals surface area contributed by atoms with Gasteiger partial charge in [0.25, 0.3) is 0 Å². The smallest absolute Gasteiger partial charge is 0.0837 e. The molecule has 0 spiro atoms. The minimum Gasteiger partial charge on any atom is -0.336 e. The van der Waals surface area contributed by atoms with Gasteiger partial charge in [-0.3, -0.25) is 0 Å². The number of aromatic nitrogens is 1. The van der Waals surface area contributed by atoms with E-state index in [4.69, 9.17) is 0 Å². The van der Waals surface area contributed by atoms with Crippen molar-refractivity contribution in [3.05, 3.63) is 36.0 Å². The Bertz CT molecular complexity index is 509. The van der Waals surface area contributed by atoms with Gasteiger partial charge in [0.15, 0.2) is 0 Å². The van der Waals surface area contributed by atoms with Crippen LogP contribution in [0.25, 0.3) is 10.9 Å². The summed E-state index contributed by atoms with van der Waals surface area (Å²) in [5.74, 6) is 5.99. The first kappa shape index (κ1) is 8.90. The number of fused-ring (bicyclic) bond motifs is 1. The largest absolute Gasteiger partial charge is 0.336 e. The topological polar surface area (TPSA) is 4.93 Å². The van der Waals surface area contributed by atoms with Crippen LogP contribution >= 0.6 is 0 Å². The standard InChI is InChI=1S/C13H13N/c1-3-4-8-14-9-7-12-6-5-11(2)10-13(12)14/h5-7,9-10H,8H2,1-2H3. The number of hydrogen-bond acceptors (Lipinski definition) is 0. The molecule has 2 aromatic rings. The van der Waals surface area contributed by atoms with Crippen LogP contribution in [0.4, 0.5) is 0 Å². The normalized spacial score (nSPS) is 9.86. The van der Waals surface area contributed by atoms with Crippen LogP contribution in [-0.2, 0) is 6.54 Å². The van der Waals surface area contributed by atoms with E-state index >= 15 is 0 Å². The van der Waals surface area contributed by atoms with Crippen LogP contribution < -0.4 is 0 Å². The molecule has 0 atom stereocenters. The SMILES string of the molecule is CC#CCn1ccc2ccc(C)cc21. The summed E-state index contributed by atoms with van der Waals surface area (Å²) in [5.41, 5.74) is 2.56. The van der Waals surface area contributed by atoms with E-state index in [0.717, 1.165) is 6.54 Å². The summed E-state index contributed by atoms with van der Waals surface area (Å²) in [4.78, 5) is 0. The molecule has 70 valence electrons. The van der Waals surface area contributed by atoms with E-state index < -0.39 is 0 Å². The molecule has 1 heteroatoms. The molecule has 1 aromatic carbocycles. The van der Waals surface area contributed by atoms with Crippen LogP contribution in [0.3, 0.4) is 0 Å². The Balaban J connectivity index is 2.53. The Kier molecular flexibility index (Phi) is 2.28. The number of benzene rings is 1. The molecule has 0 unspecified atom stereocenters. The minimum absolute atomic E-state index is 0.781. The van der Waals surface area contributed by atoms with Crippen molar-refractivity contribution in [2.24, 2.45) is 0 Å². The lowest BCUT2D eigenvalue weighted by atomic mass is 10.2. The molecule has 0 bridgehead atoms. The highest BCUT2D eigenvalue weighted by atomic mass is 14.9. The van der Waals surface area contributed by atoms with Crippen LogP contribution in [0, 0.1) is 18.8 Å². The van der Waals surface area contributed by atoms with E-state index in [0.29, 0.717) is 0 Å². The summed E-state index contributed by atoms with van der Waals surface area (Å²) in [7, 11) is 0. The maximum absolute atomic E-state index is 3.08. The van der Waals surface area contributed by atoms with Gasteiger partial charge in [-0.2, -0.15) is 0 Å². The molecule has 0 N–H and O–H groups in total. The summed E-state index contributed by atoms with van der Waals surface area (Å²) in [6.07, 6.45) is 2.09. The number of aryl methyl sites for hydroxylation is 1. The Morgan fingerprint density at radius 3 is 2.93 bits per heavy atom. The summed E-state index contributed by atoms with van der Waals surface area (Å²) >= 11 is 0. The highest BCUT2D eigenvalue weighted by Gasteiger charge is 1.98. The highest BCUT2D eigenvalue weighted by Crippen LogP contribution is 2.16. The quantitative estimate of drug-likeness (QED) is 0.599. The van der Waals surface area contributed by atoms with E-state index in [9.17, 15) is 0 Å². The second-order valence-corrected chi connectivity index (χ2v) is 3.43. The average molecular weight is 183 g/mol. The Morgan fingerprint density at radius 2 is 2.14 bits per heavy atom. The van der Waals surface area contributed by atoms with Gasteiger partial charge in [0.05, 0.1) is 6.54 Å². The Labute approximate surface area is 84.4 Å². The van der Waals surface area contributed by atoms with Crippen LogP contribution in [0.2, 0.25) is 0 Å². The average Bonchev–Trinajstić information content (AvgIpc) is 2.57. The predicted molar refractivity (Wildman–Crippen MR) is 60.1 cm³/mol. The summed E-state index contributed by atoms with van der Waals surface area (Å²) in [6.45, 7) is 4.77. The molecule has 14 heavy (non-hydrogen) atoms. The predicted octanol–water partition coefficient (Wildman–Crippen LogP) is 2.97. The molecule has 2 rings (SSSR count). The molecule has 0 amide bonds. The molecule has 0 aliphatic rings. The zero-order valence-electron chi connectivity index (χ0n) is 8.54. The van der Waals surface area contributed by atoms with Crippen LogP contribution in [-0.4, -0.2) is 4.57 Å². The minimum atomic E-state index is 0.781. The van der Waals surface area contributed by atoms with Gasteiger partial charge in [0.1, 0.15) is 0 Å². The summed E-state index contributed by atoms with van der Waals surface area (Å²) < 4.78 is 2.18. The van der Waals surface area contributed by atoms with Crippen molar-refractivity contribution in [2.45, 2.75) is 20.4 Å². The van der Waals surface area contributed by atoms with Gasteiger partial charge in [-0.05, 0) is 36.9 Å². The van der Waals surface area contributed by atoms with Crippen LogP contribution in [0.5, 0.6) is 0 Å². The van der Waals surface area contributed by atoms with E-state index in [1.54, 1.807) is 0 Å². The zero-order chi connectivity index (χ0) is 9.97. The maximum atomic E-state index is 3.08. The summed E-state index contributed by atoms with van der Waals surface area (Å²) in [6, 6.07) is 8.62. The van der Waals surface area contributed by atoms with Crippen molar-refractivity contribution in [2.75, 3.05) is 0 Å². The molecule has 0 fully saturated rings. The van der Waals surface area contributed by atoms with Crippen molar-refractivity contribution < 1.29 is 0 Å². The third kappa shape index (κ3) is 1.52. The van der Waals surface area contributed by atoms with E-state index in [1.807, 2.05) is 6.92 Å². The first-order chi connectivity index (χ1) is 6.81. The fourth-order valence-electron chi connectivity index (χ4n) is 1.60. The van der Waals surface area contributed by atoms with Crippen molar-refractivity contribution in [1.29, 1.82) is 0 Å². The van der Waals surface area contributed by atoms with Gasteiger partial charge in [0.2, 0.25) is 0 Å². The van der Waals surface area contributed by atoms with E-state index in [-0.39, 0.29) is 0 Å². The van der Waals surface area contributed by atoms with E-state index in [2.05, 4.69) is 53.8 Å². The Morgan fingerprint density at radius 1 is 1.29 bits per heavy atom. The van der Waals surface area contributed by atoms with Gasteiger partial charge < -0.3 is 4.57 Å². The molecule has 1 aromatic heterocycles. The first-order valence-electron chi connectivity index (χ1n) is 4.76. The first-order valence-corrected chi connectivity index (χ1v) is 4.76. The second kappa shape index (κ2) is 3.59.